The standard InChI is InChI=1S/C24H25F2N7O3/c1-31(2)22(34)12-9-24(10-12,36-4)17-8-16(30-32(17)3)13-11-33(20-14(25)6-5-7-15(20)26)23(35)18-19(13)28-29-21(18)27/h5-8,11-12H,9-10H2,1-4H3,(H3,27,28,29). The molecule has 3 heterocycles. The Bertz CT molecular complexity index is 1540. The Hall–Kier alpha value is -4.06. The van der Waals surface area contributed by atoms with E-state index in [0.717, 1.165) is 22.4 Å². The van der Waals surface area contributed by atoms with Gasteiger partial charge in [-0.3, -0.25) is 23.9 Å². The Morgan fingerprint density at radius 3 is 2.56 bits per heavy atom. The number of aromatic nitrogens is 5. The summed E-state index contributed by atoms with van der Waals surface area (Å²) in [5, 5.41) is 11.3. The molecule has 1 aromatic carbocycles. The highest BCUT2D eigenvalue weighted by molar-refractivity contribution is 5.97. The maximum absolute atomic E-state index is 14.6. The average Bonchev–Trinajstić information content (AvgIpc) is 3.38. The first-order valence-electron chi connectivity index (χ1n) is 11.2. The number of carbonyl (C=O) groups is 1. The second-order valence-electron chi connectivity index (χ2n) is 9.22. The summed E-state index contributed by atoms with van der Waals surface area (Å²) in [6.45, 7) is 0. The minimum Gasteiger partial charge on any atom is -0.382 e. The predicted octanol–water partition coefficient (Wildman–Crippen LogP) is 2.31. The molecule has 36 heavy (non-hydrogen) atoms. The molecule has 12 heteroatoms. The number of nitrogens with zero attached hydrogens (tertiary/aromatic N) is 5. The van der Waals surface area contributed by atoms with Gasteiger partial charge in [0.25, 0.3) is 5.56 Å². The highest BCUT2D eigenvalue weighted by Gasteiger charge is 2.51. The van der Waals surface area contributed by atoms with Crippen molar-refractivity contribution in [2.75, 3.05) is 26.9 Å². The lowest BCUT2D eigenvalue weighted by atomic mass is 9.68. The number of nitrogens with two attached hydrogens (primary N) is 1. The molecule has 188 valence electrons. The number of H-pyrrole nitrogens is 1. The van der Waals surface area contributed by atoms with Crippen LogP contribution in [-0.4, -0.2) is 56.6 Å². The van der Waals surface area contributed by atoms with Crippen molar-refractivity contribution in [2.24, 2.45) is 13.0 Å². The van der Waals surface area contributed by atoms with E-state index in [-0.39, 0.29) is 28.5 Å². The number of amides is 1. The van der Waals surface area contributed by atoms with Gasteiger partial charge in [0.2, 0.25) is 5.91 Å². The minimum absolute atomic E-state index is 0.0101. The van der Waals surface area contributed by atoms with E-state index in [2.05, 4.69) is 15.3 Å². The van der Waals surface area contributed by atoms with Crippen LogP contribution >= 0.6 is 0 Å². The number of halogens is 2. The van der Waals surface area contributed by atoms with Gasteiger partial charge < -0.3 is 15.4 Å². The quantitative estimate of drug-likeness (QED) is 0.436. The van der Waals surface area contributed by atoms with Crippen LogP contribution < -0.4 is 11.3 Å². The van der Waals surface area contributed by atoms with Crippen molar-refractivity contribution in [1.82, 2.24) is 29.4 Å². The normalized spacial score (nSPS) is 19.4. The molecule has 0 aliphatic heterocycles. The second-order valence-corrected chi connectivity index (χ2v) is 9.22. The fraction of sp³-hybridized carbons (Fsp3) is 0.333. The number of carbonyl (C=O) groups excluding carboxylic acids is 1. The lowest BCUT2D eigenvalue weighted by molar-refractivity contribution is -0.158. The Labute approximate surface area is 204 Å². The number of anilines is 1. The van der Waals surface area contributed by atoms with Crippen molar-refractivity contribution in [2.45, 2.75) is 18.4 Å². The third-order valence-electron chi connectivity index (χ3n) is 6.89. The van der Waals surface area contributed by atoms with Gasteiger partial charge in [0.15, 0.2) is 5.82 Å². The monoisotopic (exact) mass is 497 g/mol. The number of hydrogen-bond donors (Lipinski definition) is 2. The molecular weight excluding hydrogens is 472 g/mol. The van der Waals surface area contributed by atoms with E-state index in [0.29, 0.717) is 24.1 Å². The number of nitrogen functional groups attached to an aromatic ring is 1. The molecule has 1 aliphatic rings. The highest BCUT2D eigenvalue weighted by Crippen LogP contribution is 2.49. The third-order valence-corrected chi connectivity index (χ3v) is 6.89. The van der Waals surface area contributed by atoms with Gasteiger partial charge in [-0.15, -0.1) is 0 Å². The Morgan fingerprint density at radius 2 is 1.94 bits per heavy atom. The lowest BCUT2D eigenvalue weighted by Crippen LogP contribution is -2.49. The largest absolute Gasteiger partial charge is 0.382 e. The fourth-order valence-electron chi connectivity index (χ4n) is 5.00. The van der Waals surface area contributed by atoms with Crippen LogP contribution in [0.15, 0.2) is 35.3 Å². The summed E-state index contributed by atoms with van der Waals surface area (Å²) in [7, 11) is 6.75. The summed E-state index contributed by atoms with van der Waals surface area (Å²) >= 11 is 0. The van der Waals surface area contributed by atoms with Crippen LogP contribution in [0.4, 0.5) is 14.6 Å². The number of nitrogens with one attached hydrogen (secondary N) is 1. The first-order chi connectivity index (χ1) is 17.1. The first-order valence-corrected chi connectivity index (χ1v) is 11.2. The summed E-state index contributed by atoms with van der Waals surface area (Å²) in [5.74, 6) is -2.07. The fourth-order valence-corrected chi connectivity index (χ4v) is 5.00. The summed E-state index contributed by atoms with van der Waals surface area (Å²) < 4.78 is 37.7. The van der Waals surface area contributed by atoms with Gasteiger partial charge in [-0.2, -0.15) is 10.2 Å². The molecule has 0 spiro atoms. The topological polar surface area (TPSA) is 124 Å². The average molecular weight is 498 g/mol. The molecule has 0 bridgehead atoms. The van der Waals surface area contributed by atoms with Gasteiger partial charge in [0.1, 0.15) is 28.3 Å². The van der Waals surface area contributed by atoms with Gasteiger partial charge in [0, 0.05) is 45.9 Å². The molecule has 4 aromatic rings. The molecule has 0 unspecified atom stereocenters. The van der Waals surface area contributed by atoms with Gasteiger partial charge in [-0.25, -0.2) is 8.78 Å². The molecule has 0 atom stereocenters. The molecule has 1 fully saturated rings. The minimum atomic E-state index is -0.907. The molecule has 1 saturated carbocycles. The van der Waals surface area contributed by atoms with Gasteiger partial charge in [-0.05, 0) is 31.0 Å². The Balaban J connectivity index is 1.66. The van der Waals surface area contributed by atoms with E-state index in [9.17, 15) is 18.4 Å². The number of fused-ring (bicyclic) bond motifs is 1. The van der Waals surface area contributed by atoms with Crippen molar-refractivity contribution in [3.63, 3.8) is 0 Å². The lowest BCUT2D eigenvalue weighted by Gasteiger charge is -2.46. The van der Waals surface area contributed by atoms with Crippen molar-refractivity contribution in [3.05, 3.63) is 58.1 Å². The van der Waals surface area contributed by atoms with Crippen LogP contribution in [0.25, 0.3) is 27.8 Å². The third kappa shape index (κ3) is 3.40. The van der Waals surface area contributed by atoms with E-state index >= 15 is 0 Å². The molecule has 10 nitrogen and oxygen atoms in total. The molecule has 3 aromatic heterocycles. The number of hydrogen-bond acceptors (Lipinski definition) is 6. The number of aromatic amines is 1. The zero-order valence-electron chi connectivity index (χ0n) is 20.2. The van der Waals surface area contributed by atoms with E-state index < -0.39 is 28.5 Å². The Morgan fingerprint density at radius 1 is 1.28 bits per heavy atom. The molecule has 0 saturated heterocycles. The summed E-state index contributed by atoms with van der Waals surface area (Å²) in [6, 6.07) is 5.12. The maximum atomic E-state index is 14.6. The zero-order valence-corrected chi connectivity index (χ0v) is 20.2. The summed E-state index contributed by atoms with van der Waals surface area (Å²) in [6.07, 6.45) is 2.27. The SMILES string of the molecule is COC1(c2cc(-c3cn(-c4c(F)cccc4F)c(=O)c4c(N)n[nH]c34)nn2C)CC(C(=O)N(C)C)C1. The molecular formula is C24H25F2N7O3. The zero-order chi connectivity index (χ0) is 25.9. The molecule has 1 amide bonds. The van der Waals surface area contributed by atoms with Crippen LogP contribution in [0.1, 0.15) is 18.5 Å². The summed E-state index contributed by atoms with van der Waals surface area (Å²) in [5.41, 5.74) is 5.75. The number of aryl methyl sites for hydroxylation is 1. The first kappa shape index (κ1) is 23.7. The Kier molecular flexibility index (Phi) is 5.43. The maximum Gasteiger partial charge on any atom is 0.268 e. The van der Waals surface area contributed by atoms with E-state index in [1.54, 1.807) is 43.9 Å². The molecule has 5 rings (SSSR count). The summed E-state index contributed by atoms with van der Waals surface area (Å²) in [4.78, 5) is 27.2. The molecule has 3 N–H and O–H groups in total. The smallest absolute Gasteiger partial charge is 0.268 e. The van der Waals surface area contributed by atoms with E-state index in [1.807, 2.05) is 0 Å². The number of para-hydroxylation sites is 1. The van der Waals surface area contributed by atoms with Crippen LogP contribution in [0.3, 0.4) is 0 Å². The van der Waals surface area contributed by atoms with E-state index in [4.69, 9.17) is 10.5 Å². The van der Waals surface area contributed by atoms with Crippen LogP contribution in [0.5, 0.6) is 0 Å². The predicted molar refractivity (Wildman–Crippen MR) is 128 cm³/mol. The highest BCUT2D eigenvalue weighted by atomic mass is 19.1. The number of rotatable bonds is 5. The van der Waals surface area contributed by atoms with Crippen molar-refractivity contribution in [1.29, 1.82) is 0 Å². The molecule has 0 radical (unpaired) electrons. The van der Waals surface area contributed by atoms with Crippen molar-refractivity contribution < 1.29 is 18.3 Å². The molecule has 1 aliphatic carbocycles. The van der Waals surface area contributed by atoms with Gasteiger partial charge >= 0.3 is 0 Å². The van der Waals surface area contributed by atoms with Crippen LogP contribution in [0.2, 0.25) is 0 Å². The van der Waals surface area contributed by atoms with Gasteiger partial charge in [0.05, 0.1) is 16.9 Å². The van der Waals surface area contributed by atoms with Gasteiger partial charge in [-0.1, -0.05) is 6.07 Å². The van der Waals surface area contributed by atoms with Crippen LogP contribution in [0, 0.1) is 17.6 Å². The number of ether oxygens (including phenoxy) is 1. The second kappa shape index (κ2) is 8.26. The van der Waals surface area contributed by atoms with Crippen LogP contribution in [-0.2, 0) is 22.2 Å². The number of methoxy groups -OCH3 is 1. The number of benzene rings is 1. The van der Waals surface area contributed by atoms with E-state index in [1.165, 1.54) is 12.3 Å². The van der Waals surface area contributed by atoms with Crippen molar-refractivity contribution >= 4 is 22.6 Å². The van der Waals surface area contributed by atoms with Crippen molar-refractivity contribution in [3.8, 4) is 16.9 Å². The number of pyridine rings is 1.